The number of anilines is 1. The zero-order chi connectivity index (χ0) is 19.9. The van der Waals surface area contributed by atoms with Crippen LogP contribution in [-0.4, -0.2) is 11.9 Å². The van der Waals surface area contributed by atoms with Gasteiger partial charge in [0, 0.05) is 17.3 Å². The summed E-state index contributed by atoms with van der Waals surface area (Å²) < 4.78 is 5.05. The molecule has 1 aromatic heterocycles. The van der Waals surface area contributed by atoms with E-state index in [4.69, 9.17) is 16.0 Å². The maximum atomic E-state index is 12.1. The van der Waals surface area contributed by atoms with Crippen molar-refractivity contribution in [3.63, 3.8) is 0 Å². The zero-order valence-electron chi connectivity index (χ0n) is 15.2. The minimum Gasteiger partial charge on any atom is -0.459 e. The van der Waals surface area contributed by atoms with Crippen LogP contribution in [0.2, 0.25) is 5.02 Å². The number of benzene rings is 2. The van der Waals surface area contributed by atoms with Crippen LogP contribution in [0.15, 0.2) is 71.3 Å². The Bertz CT molecular complexity index is 923. The molecule has 0 aliphatic carbocycles. The zero-order valence-corrected chi connectivity index (χ0v) is 16.0. The molecule has 28 heavy (non-hydrogen) atoms. The molecular formula is C21H20ClN3O3. The third kappa shape index (κ3) is 5.37. The van der Waals surface area contributed by atoms with Crippen molar-refractivity contribution in [2.75, 3.05) is 5.32 Å². The van der Waals surface area contributed by atoms with Gasteiger partial charge >= 0.3 is 6.03 Å². The second-order valence-electron chi connectivity index (χ2n) is 6.23. The predicted molar refractivity (Wildman–Crippen MR) is 108 cm³/mol. The summed E-state index contributed by atoms with van der Waals surface area (Å²) in [5.41, 5.74) is 2.52. The van der Waals surface area contributed by atoms with Gasteiger partial charge in [-0.3, -0.25) is 4.79 Å². The molecule has 0 saturated heterocycles. The summed E-state index contributed by atoms with van der Waals surface area (Å²) in [6.45, 7) is 2.27. The van der Waals surface area contributed by atoms with E-state index < -0.39 is 0 Å². The minimum atomic E-state index is -0.313. The molecule has 0 saturated carbocycles. The fourth-order valence-electron chi connectivity index (χ4n) is 2.57. The molecule has 1 atom stereocenters. The van der Waals surface area contributed by atoms with Gasteiger partial charge in [-0.25, -0.2) is 4.79 Å². The lowest BCUT2D eigenvalue weighted by Crippen LogP contribution is -2.36. The van der Waals surface area contributed by atoms with Gasteiger partial charge in [0.2, 0.25) is 0 Å². The Morgan fingerprint density at radius 3 is 2.39 bits per heavy atom. The van der Waals surface area contributed by atoms with Crippen LogP contribution in [-0.2, 0) is 6.54 Å². The van der Waals surface area contributed by atoms with E-state index in [2.05, 4.69) is 16.0 Å². The van der Waals surface area contributed by atoms with Crippen LogP contribution in [0.25, 0.3) is 0 Å². The first-order valence-electron chi connectivity index (χ1n) is 8.75. The molecular weight excluding hydrogens is 378 g/mol. The van der Waals surface area contributed by atoms with E-state index in [1.165, 1.54) is 6.26 Å². The molecule has 0 aliphatic rings. The molecule has 7 heteroatoms. The predicted octanol–water partition coefficient (Wildman–Crippen LogP) is 4.75. The Kier molecular flexibility index (Phi) is 6.34. The standard InChI is InChI=1S/C21H20ClN3O3/c1-14(16-6-8-17(22)9-7-16)24-21(27)23-13-15-4-10-18(11-5-15)25-20(26)19-3-2-12-28-19/h2-12,14H,13H2,1H3,(H,25,26)(H2,23,24,27)/t14-/m0/s1. The summed E-state index contributed by atoms with van der Waals surface area (Å²) in [6, 6.07) is 17.4. The van der Waals surface area contributed by atoms with Crippen LogP contribution in [0.4, 0.5) is 10.5 Å². The quantitative estimate of drug-likeness (QED) is 0.561. The lowest BCUT2D eigenvalue weighted by molar-refractivity contribution is 0.0996. The van der Waals surface area contributed by atoms with Crippen LogP contribution in [0.1, 0.15) is 34.6 Å². The van der Waals surface area contributed by atoms with Crippen LogP contribution in [0, 0.1) is 0 Å². The second-order valence-corrected chi connectivity index (χ2v) is 6.67. The van der Waals surface area contributed by atoms with Crippen molar-refractivity contribution in [2.24, 2.45) is 0 Å². The Morgan fingerprint density at radius 1 is 1.04 bits per heavy atom. The lowest BCUT2D eigenvalue weighted by atomic mass is 10.1. The molecule has 144 valence electrons. The highest BCUT2D eigenvalue weighted by Gasteiger charge is 2.10. The van der Waals surface area contributed by atoms with Crippen LogP contribution in [0.3, 0.4) is 0 Å². The Morgan fingerprint density at radius 2 is 1.75 bits per heavy atom. The van der Waals surface area contributed by atoms with Gasteiger partial charge in [-0.05, 0) is 54.4 Å². The summed E-state index contributed by atoms with van der Waals surface area (Å²) in [4.78, 5) is 24.0. The summed E-state index contributed by atoms with van der Waals surface area (Å²) in [5, 5.41) is 9.09. The smallest absolute Gasteiger partial charge is 0.315 e. The molecule has 3 amide bonds. The highest BCUT2D eigenvalue weighted by atomic mass is 35.5. The van der Waals surface area contributed by atoms with Crippen molar-refractivity contribution >= 4 is 29.2 Å². The number of hydrogen-bond acceptors (Lipinski definition) is 3. The van der Waals surface area contributed by atoms with Gasteiger partial charge in [0.1, 0.15) is 0 Å². The van der Waals surface area contributed by atoms with Gasteiger partial charge in [-0.15, -0.1) is 0 Å². The highest BCUT2D eigenvalue weighted by molar-refractivity contribution is 6.30. The van der Waals surface area contributed by atoms with Crippen molar-refractivity contribution in [3.05, 3.63) is 88.8 Å². The monoisotopic (exact) mass is 397 g/mol. The summed E-state index contributed by atoms with van der Waals surface area (Å²) >= 11 is 5.88. The number of amides is 3. The van der Waals surface area contributed by atoms with E-state index in [-0.39, 0.29) is 23.7 Å². The molecule has 0 spiro atoms. The van der Waals surface area contributed by atoms with Crippen LogP contribution in [0.5, 0.6) is 0 Å². The van der Waals surface area contributed by atoms with Crippen molar-refractivity contribution in [1.82, 2.24) is 10.6 Å². The number of hydrogen-bond donors (Lipinski definition) is 3. The summed E-state index contributed by atoms with van der Waals surface area (Å²) in [6.07, 6.45) is 1.45. The van der Waals surface area contributed by atoms with E-state index >= 15 is 0 Å². The first-order chi connectivity index (χ1) is 13.5. The van der Waals surface area contributed by atoms with Crippen molar-refractivity contribution in [1.29, 1.82) is 0 Å². The van der Waals surface area contributed by atoms with Gasteiger partial charge in [0.25, 0.3) is 5.91 Å². The number of furan rings is 1. The molecule has 3 N–H and O–H groups in total. The fraction of sp³-hybridized carbons (Fsp3) is 0.143. The van der Waals surface area contributed by atoms with Gasteiger partial charge in [0.05, 0.1) is 12.3 Å². The normalized spacial score (nSPS) is 11.5. The third-order valence-corrected chi connectivity index (χ3v) is 4.38. The molecule has 0 radical (unpaired) electrons. The summed E-state index contributed by atoms with van der Waals surface area (Å²) in [5.74, 6) is -0.0661. The van der Waals surface area contributed by atoms with E-state index in [0.29, 0.717) is 17.3 Å². The van der Waals surface area contributed by atoms with Gasteiger partial charge in [-0.1, -0.05) is 35.9 Å². The van der Waals surface area contributed by atoms with E-state index in [9.17, 15) is 9.59 Å². The van der Waals surface area contributed by atoms with Crippen LogP contribution < -0.4 is 16.0 Å². The highest BCUT2D eigenvalue weighted by Crippen LogP contribution is 2.16. The van der Waals surface area contributed by atoms with Crippen molar-refractivity contribution in [2.45, 2.75) is 19.5 Å². The molecule has 0 unspecified atom stereocenters. The first kappa shape index (κ1) is 19.5. The van der Waals surface area contributed by atoms with Crippen molar-refractivity contribution in [3.8, 4) is 0 Å². The van der Waals surface area contributed by atoms with Crippen molar-refractivity contribution < 1.29 is 14.0 Å². The maximum Gasteiger partial charge on any atom is 0.315 e. The van der Waals surface area contributed by atoms with Gasteiger partial charge < -0.3 is 20.4 Å². The third-order valence-electron chi connectivity index (χ3n) is 4.13. The SMILES string of the molecule is C[C@H](NC(=O)NCc1ccc(NC(=O)c2ccco2)cc1)c1ccc(Cl)cc1. The largest absolute Gasteiger partial charge is 0.459 e. The fourth-order valence-corrected chi connectivity index (χ4v) is 2.70. The average Bonchev–Trinajstić information content (AvgIpc) is 3.23. The van der Waals surface area contributed by atoms with E-state index in [1.54, 1.807) is 36.4 Å². The molecule has 2 aromatic carbocycles. The number of carbonyl (C=O) groups is 2. The first-order valence-corrected chi connectivity index (χ1v) is 9.12. The maximum absolute atomic E-state index is 12.1. The molecule has 0 fully saturated rings. The Balaban J connectivity index is 1.47. The minimum absolute atomic E-state index is 0.142. The van der Waals surface area contributed by atoms with E-state index in [1.807, 2.05) is 31.2 Å². The average molecular weight is 398 g/mol. The van der Waals surface area contributed by atoms with E-state index in [0.717, 1.165) is 11.1 Å². The Hall–Kier alpha value is -3.25. The number of nitrogens with one attached hydrogen (secondary N) is 3. The topological polar surface area (TPSA) is 83.4 Å². The number of carbonyl (C=O) groups excluding carboxylic acids is 2. The molecule has 1 heterocycles. The molecule has 3 aromatic rings. The molecule has 6 nitrogen and oxygen atoms in total. The molecule has 3 rings (SSSR count). The number of urea groups is 1. The second kappa shape index (κ2) is 9.10. The van der Waals surface area contributed by atoms with Gasteiger partial charge in [-0.2, -0.15) is 0 Å². The molecule has 0 bridgehead atoms. The number of halogens is 1. The lowest BCUT2D eigenvalue weighted by Gasteiger charge is -2.15. The number of rotatable bonds is 6. The van der Waals surface area contributed by atoms with Crippen LogP contribution >= 0.6 is 11.6 Å². The summed E-state index contributed by atoms with van der Waals surface area (Å²) in [7, 11) is 0. The van der Waals surface area contributed by atoms with Gasteiger partial charge in [0.15, 0.2) is 5.76 Å². The Labute approximate surface area is 167 Å². The molecule has 0 aliphatic heterocycles.